The van der Waals surface area contributed by atoms with Gasteiger partial charge >= 0.3 is 0 Å². The SMILES string of the molecule is COc1ccc([C@@H](C)NC(=O)COc2ccc(Br)cc2)cc1F. The summed E-state index contributed by atoms with van der Waals surface area (Å²) in [6.07, 6.45) is 0. The molecule has 1 amide bonds. The molecule has 0 aromatic heterocycles. The van der Waals surface area contributed by atoms with Crippen LogP contribution in [0.15, 0.2) is 46.9 Å². The number of methoxy groups -OCH3 is 1. The van der Waals surface area contributed by atoms with Gasteiger partial charge in [-0.1, -0.05) is 22.0 Å². The zero-order valence-corrected chi connectivity index (χ0v) is 14.4. The molecule has 0 radical (unpaired) electrons. The zero-order chi connectivity index (χ0) is 16.8. The Kier molecular flexibility index (Phi) is 5.98. The summed E-state index contributed by atoms with van der Waals surface area (Å²) in [5.74, 6) is 0.0335. The van der Waals surface area contributed by atoms with Crippen molar-refractivity contribution < 1.29 is 18.7 Å². The van der Waals surface area contributed by atoms with Crippen LogP contribution < -0.4 is 14.8 Å². The van der Waals surface area contributed by atoms with Gasteiger partial charge in [-0.3, -0.25) is 4.79 Å². The third kappa shape index (κ3) is 4.96. The van der Waals surface area contributed by atoms with Crippen molar-refractivity contribution in [2.45, 2.75) is 13.0 Å². The van der Waals surface area contributed by atoms with Crippen molar-refractivity contribution in [1.29, 1.82) is 0 Å². The number of halogens is 2. The van der Waals surface area contributed by atoms with E-state index in [-0.39, 0.29) is 24.3 Å². The molecule has 2 aromatic carbocycles. The van der Waals surface area contributed by atoms with Gasteiger partial charge in [-0.05, 0) is 48.9 Å². The van der Waals surface area contributed by atoms with Gasteiger partial charge in [0.05, 0.1) is 13.2 Å². The van der Waals surface area contributed by atoms with Gasteiger partial charge in [0.25, 0.3) is 5.91 Å². The van der Waals surface area contributed by atoms with Gasteiger partial charge in [0.15, 0.2) is 18.2 Å². The summed E-state index contributed by atoms with van der Waals surface area (Å²) in [7, 11) is 1.41. The molecule has 6 heteroatoms. The number of hydrogen-bond donors (Lipinski definition) is 1. The second-order valence-corrected chi connectivity index (χ2v) is 5.84. The van der Waals surface area contributed by atoms with Crippen LogP contribution in [0.4, 0.5) is 4.39 Å². The Balaban J connectivity index is 1.89. The second kappa shape index (κ2) is 7.97. The summed E-state index contributed by atoms with van der Waals surface area (Å²) in [6, 6.07) is 11.4. The molecular formula is C17H17BrFNO3. The Bertz CT molecular complexity index is 676. The number of nitrogens with one attached hydrogen (secondary N) is 1. The maximum atomic E-state index is 13.7. The lowest BCUT2D eigenvalue weighted by atomic mass is 10.1. The van der Waals surface area contributed by atoms with Crippen LogP contribution in [-0.4, -0.2) is 19.6 Å². The number of hydrogen-bond acceptors (Lipinski definition) is 3. The average Bonchev–Trinajstić information content (AvgIpc) is 2.54. The Morgan fingerprint density at radius 1 is 1.26 bits per heavy atom. The van der Waals surface area contributed by atoms with E-state index in [0.717, 1.165) is 4.47 Å². The van der Waals surface area contributed by atoms with Crippen LogP contribution in [0.25, 0.3) is 0 Å². The third-order valence-electron chi connectivity index (χ3n) is 3.24. The van der Waals surface area contributed by atoms with Crippen molar-refractivity contribution in [3.63, 3.8) is 0 Å². The fourth-order valence-electron chi connectivity index (χ4n) is 2.00. The molecule has 2 aromatic rings. The minimum absolute atomic E-state index is 0.107. The molecule has 0 unspecified atom stereocenters. The van der Waals surface area contributed by atoms with Crippen LogP contribution in [0, 0.1) is 5.82 Å². The van der Waals surface area contributed by atoms with E-state index >= 15 is 0 Å². The second-order valence-electron chi connectivity index (χ2n) is 4.93. The van der Waals surface area contributed by atoms with Gasteiger partial charge in [0.1, 0.15) is 5.75 Å². The van der Waals surface area contributed by atoms with E-state index in [1.807, 2.05) is 12.1 Å². The monoisotopic (exact) mass is 381 g/mol. The predicted molar refractivity (Wildman–Crippen MR) is 89.1 cm³/mol. The highest BCUT2D eigenvalue weighted by atomic mass is 79.9. The predicted octanol–water partition coefficient (Wildman–Crippen LogP) is 3.85. The molecule has 0 heterocycles. The van der Waals surface area contributed by atoms with E-state index in [4.69, 9.17) is 9.47 Å². The van der Waals surface area contributed by atoms with Crippen molar-refractivity contribution in [1.82, 2.24) is 5.32 Å². The number of ether oxygens (including phenoxy) is 2. The highest BCUT2D eigenvalue weighted by Gasteiger charge is 2.12. The van der Waals surface area contributed by atoms with Gasteiger partial charge in [0.2, 0.25) is 0 Å². The van der Waals surface area contributed by atoms with Crippen LogP contribution in [0.1, 0.15) is 18.5 Å². The Hall–Kier alpha value is -2.08. The van der Waals surface area contributed by atoms with Crippen LogP contribution in [0.2, 0.25) is 0 Å². The molecule has 23 heavy (non-hydrogen) atoms. The van der Waals surface area contributed by atoms with E-state index in [1.165, 1.54) is 19.2 Å². The van der Waals surface area contributed by atoms with E-state index in [0.29, 0.717) is 11.3 Å². The van der Waals surface area contributed by atoms with Crippen molar-refractivity contribution >= 4 is 21.8 Å². The minimum Gasteiger partial charge on any atom is -0.494 e. The van der Waals surface area contributed by atoms with Crippen LogP contribution in [0.5, 0.6) is 11.5 Å². The maximum Gasteiger partial charge on any atom is 0.258 e. The number of carbonyl (C=O) groups excluding carboxylic acids is 1. The molecule has 0 aliphatic carbocycles. The molecule has 4 nitrogen and oxygen atoms in total. The van der Waals surface area contributed by atoms with Crippen molar-refractivity contribution in [2.24, 2.45) is 0 Å². The fraction of sp³-hybridized carbons (Fsp3) is 0.235. The number of amides is 1. The van der Waals surface area contributed by atoms with E-state index in [2.05, 4.69) is 21.2 Å². The summed E-state index contributed by atoms with van der Waals surface area (Å²) < 4.78 is 24.9. The summed E-state index contributed by atoms with van der Waals surface area (Å²) in [4.78, 5) is 11.9. The molecule has 0 saturated heterocycles. The molecule has 0 fully saturated rings. The van der Waals surface area contributed by atoms with Crippen molar-refractivity contribution in [2.75, 3.05) is 13.7 Å². The van der Waals surface area contributed by atoms with E-state index in [1.54, 1.807) is 25.1 Å². The Morgan fingerprint density at radius 2 is 1.96 bits per heavy atom. The lowest BCUT2D eigenvalue weighted by molar-refractivity contribution is -0.123. The first-order valence-electron chi connectivity index (χ1n) is 7.00. The van der Waals surface area contributed by atoms with Crippen LogP contribution in [-0.2, 0) is 4.79 Å². The first-order valence-corrected chi connectivity index (χ1v) is 7.80. The van der Waals surface area contributed by atoms with Crippen molar-refractivity contribution in [3.05, 3.63) is 58.3 Å². The number of rotatable bonds is 6. The Labute approximate surface area is 142 Å². The quantitative estimate of drug-likeness (QED) is 0.826. The first-order chi connectivity index (χ1) is 11.0. The normalized spacial score (nSPS) is 11.7. The average molecular weight is 382 g/mol. The largest absolute Gasteiger partial charge is 0.494 e. The number of benzene rings is 2. The van der Waals surface area contributed by atoms with Crippen LogP contribution >= 0.6 is 15.9 Å². The highest BCUT2D eigenvalue weighted by Crippen LogP contribution is 2.21. The maximum absolute atomic E-state index is 13.7. The highest BCUT2D eigenvalue weighted by molar-refractivity contribution is 9.10. The van der Waals surface area contributed by atoms with Crippen LogP contribution in [0.3, 0.4) is 0 Å². The minimum atomic E-state index is -0.461. The first kappa shape index (κ1) is 17.3. The molecule has 122 valence electrons. The molecular weight excluding hydrogens is 365 g/mol. The summed E-state index contributed by atoms with van der Waals surface area (Å²) in [6.45, 7) is 1.67. The summed E-state index contributed by atoms with van der Waals surface area (Å²) in [5.41, 5.74) is 0.653. The fourth-order valence-corrected chi connectivity index (χ4v) is 2.26. The summed E-state index contributed by atoms with van der Waals surface area (Å²) >= 11 is 3.33. The van der Waals surface area contributed by atoms with E-state index in [9.17, 15) is 9.18 Å². The van der Waals surface area contributed by atoms with Gasteiger partial charge in [-0.25, -0.2) is 4.39 Å². The molecule has 0 saturated carbocycles. The zero-order valence-electron chi connectivity index (χ0n) is 12.8. The lowest BCUT2D eigenvalue weighted by Crippen LogP contribution is -2.31. The topological polar surface area (TPSA) is 47.6 Å². The van der Waals surface area contributed by atoms with Gasteiger partial charge in [-0.15, -0.1) is 0 Å². The standard InChI is InChI=1S/C17H17BrFNO3/c1-11(12-3-8-16(22-2)15(19)9-12)20-17(21)10-23-14-6-4-13(18)5-7-14/h3-9,11H,10H2,1-2H3,(H,20,21)/t11-/m1/s1. The molecule has 0 aliphatic heterocycles. The molecule has 1 atom stereocenters. The molecule has 0 spiro atoms. The molecule has 0 bridgehead atoms. The third-order valence-corrected chi connectivity index (χ3v) is 3.77. The summed E-state index contributed by atoms with van der Waals surface area (Å²) in [5, 5.41) is 2.76. The number of carbonyl (C=O) groups is 1. The Morgan fingerprint density at radius 3 is 2.57 bits per heavy atom. The lowest BCUT2D eigenvalue weighted by Gasteiger charge is -2.15. The molecule has 2 rings (SSSR count). The smallest absolute Gasteiger partial charge is 0.258 e. The van der Waals surface area contributed by atoms with Gasteiger partial charge < -0.3 is 14.8 Å². The molecule has 1 N–H and O–H groups in total. The van der Waals surface area contributed by atoms with Crippen molar-refractivity contribution in [3.8, 4) is 11.5 Å². The molecule has 0 aliphatic rings. The van der Waals surface area contributed by atoms with E-state index < -0.39 is 5.82 Å². The van der Waals surface area contributed by atoms with Gasteiger partial charge in [-0.2, -0.15) is 0 Å². The van der Waals surface area contributed by atoms with Gasteiger partial charge in [0, 0.05) is 4.47 Å².